The Bertz CT molecular complexity index is 377. The molecule has 1 aliphatic carbocycles. The van der Waals surface area contributed by atoms with Gasteiger partial charge in [0.1, 0.15) is 5.75 Å². The molecule has 0 saturated heterocycles. The Hall–Kier alpha value is -0.580. The van der Waals surface area contributed by atoms with Gasteiger partial charge in [0.2, 0.25) is 0 Å². The van der Waals surface area contributed by atoms with Crippen molar-refractivity contribution in [1.29, 1.82) is 0 Å². The van der Waals surface area contributed by atoms with Crippen LogP contribution in [0.25, 0.3) is 0 Å². The van der Waals surface area contributed by atoms with Crippen LogP contribution in [-0.2, 0) is 0 Å². The molecule has 1 saturated carbocycles. The van der Waals surface area contributed by atoms with Crippen LogP contribution in [-0.4, -0.2) is 13.2 Å². The first-order chi connectivity index (χ1) is 7.61. The fourth-order valence-corrected chi connectivity index (χ4v) is 2.72. The van der Waals surface area contributed by atoms with Crippen LogP contribution < -0.4 is 16.2 Å². The van der Waals surface area contributed by atoms with Crippen molar-refractivity contribution >= 4 is 15.9 Å². The number of nitrogens with two attached hydrogens (primary N) is 2. The molecule has 1 atom stereocenters. The van der Waals surface area contributed by atoms with E-state index in [-0.39, 0.29) is 6.04 Å². The topological polar surface area (TPSA) is 61.3 Å². The van der Waals surface area contributed by atoms with E-state index in [0.717, 1.165) is 28.6 Å². The molecule has 1 aromatic rings. The number of ether oxygens (including phenoxy) is 1. The molecule has 0 spiro atoms. The molecule has 3 nitrogen and oxygen atoms in total. The van der Waals surface area contributed by atoms with Crippen LogP contribution in [0, 0.1) is 5.92 Å². The molecule has 4 N–H and O–H groups in total. The summed E-state index contributed by atoms with van der Waals surface area (Å²) in [5.74, 6) is 1.36. The van der Waals surface area contributed by atoms with E-state index in [1.807, 2.05) is 18.2 Å². The second-order valence-electron chi connectivity index (χ2n) is 4.41. The van der Waals surface area contributed by atoms with Crippen LogP contribution in [0.5, 0.6) is 5.75 Å². The zero-order valence-corrected chi connectivity index (χ0v) is 10.9. The molecular weight excluding hydrogens is 268 g/mol. The van der Waals surface area contributed by atoms with Crippen molar-refractivity contribution in [3.05, 3.63) is 28.2 Å². The van der Waals surface area contributed by atoms with Crippen molar-refractivity contribution < 1.29 is 4.74 Å². The number of hydrogen-bond donors (Lipinski definition) is 2. The van der Waals surface area contributed by atoms with E-state index in [4.69, 9.17) is 16.2 Å². The fraction of sp³-hybridized carbons (Fsp3) is 0.500. The second-order valence-corrected chi connectivity index (χ2v) is 5.27. The van der Waals surface area contributed by atoms with Gasteiger partial charge in [0.05, 0.1) is 11.6 Å². The first-order valence-corrected chi connectivity index (χ1v) is 6.25. The van der Waals surface area contributed by atoms with E-state index in [2.05, 4.69) is 15.9 Å². The molecule has 0 heterocycles. The lowest BCUT2D eigenvalue weighted by Crippen LogP contribution is -2.41. The van der Waals surface area contributed by atoms with Gasteiger partial charge in [-0.15, -0.1) is 0 Å². The average molecular weight is 285 g/mol. The summed E-state index contributed by atoms with van der Waals surface area (Å²) < 4.78 is 6.14. The summed E-state index contributed by atoms with van der Waals surface area (Å²) in [5.41, 5.74) is 13.1. The SMILES string of the molecule is COc1ccc(C(N)C2CC(N)C2)cc1Br. The minimum atomic E-state index is 0.0852. The Morgan fingerprint density at radius 3 is 2.62 bits per heavy atom. The lowest BCUT2D eigenvalue weighted by Gasteiger charge is -2.37. The summed E-state index contributed by atoms with van der Waals surface area (Å²) in [6, 6.07) is 6.43. The van der Waals surface area contributed by atoms with Crippen LogP contribution in [0.2, 0.25) is 0 Å². The minimum absolute atomic E-state index is 0.0852. The van der Waals surface area contributed by atoms with E-state index in [1.54, 1.807) is 7.11 Å². The molecule has 2 rings (SSSR count). The van der Waals surface area contributed by atoms with E-state index < -0.39 is 0 Å². The zero-order chi connectivity index (χ0) is 11.7. The van der Waals surface area contributed by atoms with E-state index >= 15 is 0 Å². The van der Waals surface area contributed by atoms with Crippen LogP contribution in [0.15, 0.2) is 22.7 Å². The zero-order valence-electron chi connectivity index (χ0n) is 9.32. The quantitative estimate of drug-likeness (QED) is 0.895. The van der Waals surface area contributed by atoms with Crippen molar-refractivity contribution in [2.75, 3.05) is 7.11 Å². The standard InChI is InChI=1S/C12H17BrN2O/c1-16-11-3-2-7(6-10(11)13)12(15)8-4-9(14)5-8/h2-3,6,8-9,12H,4-5,14-15H2,1H3. The Labute approximate surface area is 104 Å². The van der Waals surface area contributed by atoms with Gasteiger partial charge in [0.25, 0.3) is 0 Å². The highest BCUT2D eigenvalue weighted by Gasteiger charge is 2.31. The number of rotatable bonds is 3. The van der Waals surface area contributed by atoms with Gasteiger partial charge in [-0.2, -0.15) is 0 Å². The predicted octanol–water partition coefficient (Wildman–Crippen LogP) is 2.19. The highest BCUT2D eigenvalue weighted by Crippen LogP contribution is 2.37. The predicted molar refractivity (Wildman–Crippen MR) is 68.3 cm³/mol. The third kappa shape index (κ3) is 2.24. The molecule has 1 fully saturated rings. The third-order valence-corrected chi connectivity index (χ3v) is 3.90. The van der Waals surface area contributed by atoms with Crippen molar-refractivity contribution in [2.24, 2.45) is 17.4 Å². The highest BCUT2D eigenvalue weighted by molar-refractivity contribution is 9.10. The van der Waals surface area contributed by atoms with Gasteiger partial charge in [0, 0.05) is 12.1 Å². The molecule has 1 aliphatic rings. The van der Waals surface area contributed by atoms with Crippen LogP contribution in [0.4, 0.5) is 0 Å². The fourth-order valence-electron chi connectivity index (χ4n) is 2.16. The largest absolute Gasteiger partial charge is 0.496 e. The van der Waals surface area contributed by atoms with Crippen molar-refractivity contribution in [1.82, 2.24) is 0 Å². The number of hydrogen-bond acceptors (Lipinski definition) is 3. The normalized spacial score (nSPS) is 26.0. The molecule has 1 unspecified atom stereocenters. The Kier molecular flexibility index (Phi) is 3.52. The molecule has 0 bridgehead atoms. The van der Waals surface area contributed by atoms with Gasteiger partial charge in [-0.05, 0) is 52.4 Å². The maximum atomic E-state index is 6.21. The van der Waals surface area contributed by atoms with Crippen molar-refractivity contribution in [2.45, 2.75) is 24.9 Å². The Morgan fingerprint density at radius 2 is 2.12 bits per heavy atom. The van der Waals surface area contributed by atoms with Crippen molar-refractivity contribution in [3.63, 3.8) is 0 Å². The molecule has 16 heavy (non-hydrogen) atoms. The lowest BCUT2D eigenvalue weighted by atomic mass is 9.74. The Balaban J connectivity index is 2.11. The third-order valence-electron chi connectivity index (χ3n) is 3.28. The summed E-state index contributed by atoms with van der Waals surface area (Å²) in [7, 11) is 1.66. The van der Waals surface area contributed by atoms with Crippen LogP contribution in [0.3, 0.4) is 0 Å². The summed E-state index contributed by atoms with van der Waals surface area (Å²) in [4.78, 5) is 0. The monoisotopic (exact) mass is 284 g/mol. The number of halogens is 1. The first kappa shape index (κ1) is 11.9. The van der Waals surface area contributed by atoms with Gasteiger partial charge in [-0.1, -0.05) is 6.07 Å². The molecule has 0 amide bonds. The summed E-state index contributed by atoms with van der Waals surface area (Å²) in [5, 5.41) is 0. The molecule has 0 radical (unpaired) electrons. The van der Waals surface area contributed by atoms with Gasteiger partial charge in [-0.3, -0.25) is 0 Å². The molecule has 4 heteroatoms. The van der Waals surface area contributed by atoms with Gasteiger partial charge in [0.15, 0.2) is 0 Å². The van der Waals surface area contributed by atoms with Gasteiger partial charge >= 0.3 is 0 Å². The molecular formula is C12H17BrN2O. The molecule has 0 aliphatic heterocycles. The van der Waals surface area contributed by atoms with Crippen LogP contribution >= 0.6 is 15.9 Å². The van der Waals surface area contributed by atoms with Crippen LogP contribution in [0.1, 0.15) is 24.4 Å². The smallest absolute Gasteiger partial charge is 0.133 e. The van der Waals surface area contributed by atoms with E-state index in [9.17, 15) is 0 Å². The first-order valence-electron chi connectivity index (χ1n) is 5.46. The minimum Gasteiger partial charge on any atom is -0.496 e. The summed E-state index contributed by atoms with van der Waals surface area (Å²) >= 11 is 3.47. The maximum absolute atomic E-state index is 6.21. The molecule has 1 aromatic carbocycles. The summed E-state index contributed by atoms with van der Waals surface area (Å²) in [6.07, 6.45) is 2.07. The average Bonchev–Trinajstić information content (AvgIpc) is 2.24. The summed E-state index contributed by atoms with van der Waals surface area (Å²) in [6.45, 7) is 0. The van der Waals surface area contributed by atoms with Crippen molar-refractivity contribution in [3.8, 4) is 5.75 Å². The van der Waals surface area contributed by atoms with Gasteiger partial charge < -0.3 is 16.2 Å². The molecule has 0 aromatic heterocycles. The highest BCUT2D eigenvalue weighted by atomic mass is 79.9. The maximum Gasteiger partial charge on any atom is 0.133 e. The van der Waals surface area contributed by atoms with E-state index in [1.165, 1.54) is 0 Å². The Morgan fingerprint density at radius 1 is 1.44 bits per heavy atom. The number of methoxy groups -OCH3 is 1. The van der Waals surface area contributed by atoms with E-state index in [0.29, 0.717) is 12.0 Å². The lowest BCUT2D eigenvalue weighted by molar-refractivity contribution is 0.224. The second kappa shape index (κ2) is 4.73. The number of benzene rings is 1. The molecule has 88 valence electrons. The van der Waals surface area contributed by atoms with Gasteiger partial charge in [-0.25, -0.2) is 0 Å².